The first kappa shape index (κ1) is 11.4. The number of anilines is 1. The lowest BCUT2D eigenvalue weighted by Crippen LogP contribution is -2.29. The third-order valence-corrected chi connectivity index (χ3v) is 3.44. The summed E-state index contributed by atoms with van der Waals surface area (Å²) >= 11 is 9.12. The fourth-order valence-corrected chi connectivity index (χ4v) is 1.95. The van der Waals surface area contributed by atoms with Crippen LogP contribution in [-0.4, -0.2) is 17.9 Å². The molecule has 4 nitrogen and oxygen atoms in total. The number of rotatable bonds is 2. The van der Waals surface area contributed by atoms with E-state index in [-0.39, 0.29) is 18.2 Å². The van der Waals surface area contributed by atoms with Gasteiger partial charge in [0.1, 0.15) is 6.04 Å². The minimum Gasteiger partial charge on any atom is -0.373 e. The Kier molecular flexibility index (Phi) is 3.16. The van der Waals surface area contributed by atoms with Crippen LogP contribution in [-0.2, 0) is 9.59 Å². The first-order valence-corrected chi connectivity index (χ1v) is 5.78. The molecule has 0 bridgehead atoms. The lowest BCUT2D eigenvalue weighted by Gasteiger charge is -2.11. The fraction of sp³-hybridized carbons (Fsp3) is 0.200. The maximum atomic E-state index is 11.3. The number of nitrogens with one attached hydrogen (secondary N) is 2. The molecular weight excluding hydrogens is 295 g/mol. The third-order valence-electron chi connectivity index (χ3n) is 2.23. The van der Waals surface area contributed by atoms with E-state index in [2.05, 4.69) is 26.6 Å². The minimum absolute atomic E-state index is 0.166. The smallest absolute Gasteiger partial charge is 0.249 e. The summed E-state index contributed by atoms with van der Waals surface area (Å²) in [5.41, 5.74) is 0.742. The van der Waals surface area contributed by atoms with Gasteiger partial charge >= 0.3 is 0 Å². The Balaban J connectivity index is 2.12. The van der Waals surface area contributed by atoms with Crippen molar-refractivity contribution in [1.29, 1.82) is 0 Å². The van der Waals surface area contributed by atoms with Gasteiger partial charge in [-0.1, -0.05) is 11.6 Å². The molecule has 0 radical (unpaired) electrons. The Bertz CT molecular complexity index is 464. The summed E-state index contributed by atoms with van der Waals surface area (Å²) in [7, 11) is 0. The summed E-state index contributed by atoms with van der Waals surface area (Å²) in [6.07, 6.45) is 0.166. The normalized spacial score (nSPS) is 19.8. The minimum atomic E-state index is -0.499. The molecule has 1 saturated heterocycles. The van der Waals surface area contributed by atoms with Gasteiger partial charge in [-0.2, -0.15) is 0 Å². The summed E-state index contributed by atoms with van der Waals surface area (Å²) in [5, 5.41) is 5.80. The number of imide groups is 1. The summed E-state index contributed by atoms with van der Waals surface area (Å²) < 4.78 is 0.740. The standard InChI is InChI=1S/C10H8BrClN2O2/c11-6-3-5(1-2-7(6)12)13-8-4-9(15)14-10(8)16/h1-3,8,13H,4H2,(H,14,15,16). The largest absolute Gasteiger partial charge is 0.373 e. The van der Waals surface area contributed by atoms with E-state index in [0.29, 0.717) is 5.02 Å². The predicted octanol–water partition coefficient (Wildman–Crippen LogP) is 1.93. The molecule has 84 valence electrons. The number of amides is 2. The SMILES string of the molecule is O=C1CC(Nc2ccc(Cl)c(Br)c2)C(=O)N1. The van der Waals surface area contributed by atoms with E-state index in [4.69, 9.17) is 11.6 Å². The van der Waals surface area contributed by atoms with Crippen LogP contribution >= 0.6 is 27.5 Å². The average molecular weight is 304 g/mol. The van der Waals surface area contributed by atoms with Crippen LogP contribution in [0.4, 0.5) is 5.69 Å². The maximum Gasteiger partial charge on any atom is 0.249 e. The van der Waals surface area contributed by atoms with Crippen LogP contribution in [0.2, 0.25) is 5.02 Å². The Labute approximate surface area is 105 Å². The van der Waals surface area contributed by atoms with E-state index >= 15 is 0 Å². The second kappa shape index (κ2) is 4.43. The topological polar surface area (TPSA) is 58.2 Å². The molecule has 0 spiro atoms. The van der Waals surface area contributed by atoms with Crippen molar-refractivity contribution in [2.75, 3.05) is 5.32 Å². The monoisotopic (exact) mass is 302 g/mol. The van der Waals surface area contributed by atoms with E-state index in [0.717, 1.165) is 10.2 Å². The highest BCUT2D eigenvalue weighted by Gasteiger charge is 2.30. The lowest BCUT2D eigenvalue weighted by molar-refractivity contribution is -0.124. The number of carbonyl (C=O) groups excluding carboxylic acids is 2. The molecule has 1 heterocycles. The zero-order valence-corrected chi connectivity index (χ0v) is 10.4. The highest BCUT2D eigenvalue weighted by molar-refractivity contribution is 9.10. The molecule has 6 heteroatoms. The van der Waals surface area contributed by atoms with Crippen molar-refractivity contribution in [2.45, 2.75) is 12.5 Å². The van der Waals surface area contributed by atoms with Crippen molar-refractivity contribution in [3.8, 4) is 0 Å². The van der Waals surface area contributed by atoms with E-state index in [1.807, 2.05) is 0 Å². The van der Waals surface area contributed by atoms with Gasteiger partial charge in [-0.15, -0.1) is 0 Å². The summed E-state index contributed by atoms with van der Waals surface area (Å²) in [6.45, 7) is 0. The van der Waals surface area contributed by atoms with Crippen molar-refractivity contribution in [3.63, 3.8) is 0 Å². The highest BCUT2D eigenvalue weighted by atomic mass is 79.9. The van der Waals surface area contributed by atoms with Crippen molar-refractivity contribution < 1.29 is 9.59 Å². The van der Waals surface area contributed by atoms with Crippen molar-refractivity contribution in [3.05, 3.63) is 27.7 Å². The Morgan fingerprint density at radius 2 is 2.19 bits per heavy atom. The van der Waals surface area contributed by atoms with E-state index in [9.17, 15) is 9.59 Å². The molecule has 1 aromatic carbocycles. The molecule has 0 aliphatic carbocycles. The predicted molar refractivity (Wildman–Crippen MR) is 64.3 cm³/mol. The second-order valence-electron chi connectivity index (χ2n) is 3.44. The maximum absolute atomic E-state index is 11.3. The van der Waals surface area contributed by atoms with Gasteiger partial charge < -0.3 is 5.32 Å². The number of carbonyl (C=O) groups is 2. The summed E-state index contributed by atoms with van der Waals surface area (Å²) in [6, 6.07) is 4.73. The zero-order valence-electron chi connectivity index (χ0n) is 8.09. The molecular formula is C10H8BrClN2O2. The molecule has 1 aliphatic heterocycles. The van der Waals surface area contributed by atoms with Crippen LogP contribution in [0.3, 0.4) is 0 Å². The van der Waals surface area contributed by atoms with Gasteiger partial charge in [0, 0.05) is 10.2 Å². The quantitative estimate of drug-likeness (QED) is 0.821. The molecule has 0 saturated carbocycles. The van der Waals surface area contributed by atoms with E-state index in [1.54, 1.807) is 18.2 Å². The highest BCUT2D eigenvalue weighted by Crippen LogP contribution is 2.26. The molecule has 2 N–H and O–H groups in total. The molecule has 0 aromatic heterocycles. The van der Waals surface area contributed by atoms with Crippen LogP contribution in [0.25, 0.3) is 0 Å². The van der Waals surface area contributed by atoms with Gasteiger partial charge in [0.15, 0.2) is 0 Å². The van der Waals surface area contributed by atoms with Crippen molar-refractivity contribution in [2.24, 2.45) is 0 Å². The summed E-state index contributed by atoms with van der Waals surface area (Å²) in [4.78, 5) is 22.3. The lowest BCUT2D eigenvalue weighted by atomic mass is 10.2. The molecule has 2 rings (SSSR count). The Hall–Kier alpha value is -1.07. The van der Waals surface area contributed by atoms with Crippen LogP contribution < -0.4 is 10.6 Å². The number of halogens is 2. The van der Waals surface area contributed by atoms with E-state index < -0.39 is 6.04 Å². The number of benzene rings is 1. The average Bonchev–Trinajstić information content (AvgIpc) is 2.51. The van der Waals surface area contributed by atoms with Gasteiger partial charge in [0.05, 0.1) is 11.4 Å². The molecule has 16 heavy (non-hydrogen) atoms. The van der Waals surface area contributed by atoms with Gasteiger partial charge in [-0.3, -0.25) is 14.9 Å². The Morgan fingerprint density at radius 1 is 1.44 bits per heavy atom. The van der Waals surface area contributed by atoms with Crippen LogP contribution in [0.5, 0.6) is 0 Å². The van der Waals surface area contributed by atoms with Gasteiger partial charge in [0.2, 0.25) is 11.8 Å². The van der Waals surface area contributed by atoms with Crippen LogP contribution in [0.1, 0.15) is 6.42 Å². The first-order chi connectivity index (χ1) is 7.56. The van der Waals surface area contributed by atoms with Gasteiger partial charge in [-0.05, 0) is 34.1 Å². The molecule has 1 aromatic rings. The zero-order chi connectivity index (χ0) is 11.7. The molecule has 1 atom stereocenters. The Morgan fingerprint density at radius 3 is 2.75 bits per heavy atom. The van der Waals surface area contributed by atoms with Crippen LogP contribution in [0, 0.1) is 0 Å². The van der Waals surface area contributed by atoms with Crippen molar-refractivity contribution >= 4 is 45.0 Å². The van der Waals surface area contributed by atoms with Gasteiger partial charge in [0.25, 0.3) is 0 Å². The molecule has 1 aliphatic rings. The first-order valence-electron chi connectivity index (χ1n) is 4.61. The molecule has 1 unspecified atom stereocenters. The molecule has 2 amide bonds. The summed E-state index contributed by atoms with van der Waals surface area (Å²) in [5.74, 6) is -0.549. The third kappa shape index (κ3) is 2.36. The second-order valence-corrected chi connectivity index (χ2v) is 4.70. The molecule has 1 fully saturated rings. The van der Waals surface area contributed by atoms with E-state index in [1.165, 1.54) is 0 Å². The number of hydrogen-bond donors (Lipinski definition) is 2. The number of hydrogen-bond acceptors (Lipinski definition) is 3. The fourth-order valence-electron chi connectivity index (χ4n) is 1.46. The van der Waals surface area contributed by atoms with Crippen molar-refractivity contribution in [1.82, 2.24) is 5.32 Å². The van der Waals surface area contributed by atoms with Gasteiger partial charge in [-0.25, -0.2) is 0 Å². The van der Waals surface area contributed by atoms with Crippen LogP contribution in [0.15, 0.2) is 22.7 Å².